The van der Waals surface area contributed by atoms with E-state index in [1.807, 2.05) is 24.3 Å². The standard InChI is InChI=1S/C20H17ClF3N3O3S/c21-14-8-12(9-25-17(14)30-11-20(22,23)24)18(28)27(10-13-4-3-7-29-13)19-26-15-5-1-2-6-16(15)31-19/h1-2,5-6,8-9,13H,3-4,7,10-11H2. The molecule has 4 rings (SSSR count). The summed E-state index contributed by atoms with van der Waals surface area (Å²) in [4.78, 5) is 23.2. The maximum absolute atomic E-state index is 13.3. The summed E-state index contributed by atoms with van der Waals surface area (Å²) < 4.78 is 48.4. The zero-order chi connectivity index (χ0) is 22.0. The number of anilines is 1. The largest absolute Gasteiger partial charge is 0.467 e. The molecule has 164 valence electrons. The van der Waals surface area contributed by atoms with Crippen molar-refractivity contribution in [1.29, 1.82) is 0 Å². The van der Waals surface area contributed by atoms with Crippen LogP contribution in [0.2, 0.25) is 5.02 Å². The fourth-order valence-electron chi connectivity index (χ4n) is 3.17. The topological polar surface area (TPSA) is 64.5 Å². The Morgan fingerprint density at radius 2 is 2.16 bits per heavy atom. The Morgan fingerprint density at radius 3 is 2.84 bits per heavy atom. The number of rotatable bonds is 6. The molecule has 1 aliphatic heterocycles. The highest BCUT2D eigenvalue weighted by atomic mass is 35.5. The second-order valence-electron chi connectivity index (χ2n) is 6.93. The summed E-state index contributed by atoms with van der Waals surface area (Å²) >= 11 is 7.39. The van der Waals surface area contributed by atoms with Gasteiger partial charge in [0.2, 0.25) is 5.88 Å². The van der Waals surface area contributed by atoms with Crippen molar-refractivity contribution in [3.8, 4) is 5.88 Å². The van der Waals surface area contributed by atoms with Crippen LogP contribution < -0.4 is 9.64 Å². The second kappa shape index (κ2) is 8.97. The summed E-state index contributed by atoms with van der Waals surface area (Å²) in [5, 5.41) is 0.312. The minimum absolute atomic E-state index is 0.113. The quantitative estimate of drug-likeness (QED) is 0.500. The van der Waals surface area contributed by atoms with E-state index in [2.05, 4.69) is 14.7 Å². The third-order valence-corrected chi connectivity index (χ3v) is 5.93. The number of para-hydroxylation sites is 1. The van der Waals surface area contributed by atoms with E-state index in [-0.39, 0.29) is 22.6 Å². The number of aromatic nitrogens is 2. The third-order valence-electron chi connectivity index (χ3n) is 4.60. The first-order chi connectivity index (χ1) is 14.8. The van der Waals surface area contributed by atoms with Crippen LogP contribution >= 0.6 is 22.9 Å². The van der Waals surface area contributed by atoms with Crippen LogP contribution in [0.5, 0.6) is 5.88 Å². The fourth-order valence-corrected chi connectivity index (χ4v) is 4.36. The van der Waals surface area contributed by atoms with Gasteiger partial charge in [0.05, 0.1) is 28.4 Å². The Hall–Kier alpha value is -2.43. The highest BCUT2D eigenvalue weighted by Crippen LogP contribution is 2.32. The van der Waals surface area contributed by atoms with Gasteiger partial charge in [0.15, 0.2) is 11.7 Å². The Bertz CT molecular complexity index is 1050. The molecule has 6 nitrogen and oxygen atoms in total. The molecule has 2 aromatic heterocycles. The zero-order valence-corrected chi connectivity index (χ0v) is 17.6. The van der Waals surface area contributed by atoms with Crippen LogP contribution in [-0.2, 0) is 4.74 Å². The molecular weight excluding hydrogens is 455 g/mol. The van der Waals surface area contributed by atoms with E-state index in [4.69, 9.17) is 16.3 Å². The molecular formula is C20H17ClF3N3O3S. The van der Waals surface area contributed by atoms with E-state index < -0.39 is 18.7 Å². The molecule has 0 spiro atoms. The fraction of sp³-hybridized carbons (Fsp3) is 0.350. The Labute approximate surface area is 184 Å². The lowest BCUT2D eigenvalue weighted by atomic mass is 10.2. The molecule has 0 bridgehead atoms. The lowest BCUT2D eigenvalue weighted by molar-refractivity contribution is -0.154. The minimum Gasteiger partial charge on any atom is -0.467 e. The lowest BCUT2D eigenvalue weighted by Crippen LogP contribution is -2.37. The first kappa shape index (κ1) is 21.8. The summed E-state index contributed by atoms with van der Waals surface area (Å²) in [5.74, 6) is -0.812. The van der Waals surface area contributed by atoms with Gasteiger partial charge in [0.1, 0.15) is 5.02 Å². The normalized spacial score (nSPS) is 16.6. The first-order valence-corrected chi connectivity index (χ1v) is 10.6. The van der Waals surface area contributed by atoms with Gasteiger partial charge in [-0.3, -0.25) is 9.69 Å². The molecule has 0 saturated carbocycles. The first-order valence-electron chi connectivity index (χ1n) is 9.44. The number of thiazole rings is 1. The molecule has 1 aliphatic rings. The van der Waals surface area contributed by atoms with E-state index in [0.29, 0.717) is 18.3 Å². The van der Waals surface area contributed by atoms with Crippen molar-refractivity contribution in [2.45, 2.75) is 25.1 Å². The van der Waals surface area contributed by atoms with Gasteiger partial charge >= 0.3 is 6.18 Å². The van der Waals surface area contributed by atoms with E-state index in [1.54, 1.807) is 0 Å². The molecule has 3 aromatic rings. The van der Waals surface area contributed by atoms with E-state index in [9.17, 15) is 18.0 Å². The molecule has 0 aliphatic carbocycles. The molecule has 1 unspecified atom stereocenters. The second-order valence-corrected chi connectivity index (χ2v) is 8.35. The third kappa shape index (κ3) is 5.25. The summed E-state index contributed by atoms with van der Waals surface area (Å²) in [7, 11) is 0. The Morgan fingerprint density at radius 1 is 1.35 bits per heavy atom. The van der Waals surface area contributed by atoms with Crippen molar-refractivity contribution in [3.05, 3.63) is 47.1 Å². The van der Waals surface area contributed by atoms with Crippen molar-refractivity contribution < 1.29 is 27.4 Å². The van der Waals surface area contributed by atoms with Crippen molar-refractivity contribution >= 4 is 44.2 Å². The molecule has 1 saturated heterocycles. The van der Waals surface area contributed by atoms with Crippen LogP contribution in [-0.4, -0.2) is 47.9 Å². The van der Waals surface area contributed by atoms with Gasteiger partial charge in [-0.25, -0.2) is 9.97 Å². The number of alkyl halides is 3. The van der Waals surface area contributed by atoms with Crippen LogP contribution in [0, 0.1) is 0 Å². The number of benzene rings is 1. The van der Waals surface area contributed by atoms with Crippen LogP contribution in [0.15, 0.2) is 36.5 Å². The number of amides is 1. The number of fused-ring (bicyclic) bond motifs is 1. The van der Waals surface area contributed by atoms with Crippen LogP contribution in [0.25, 0.3) is 10.2 Å². The van der Waals surface area contributed by atoms with E-state index >= 15 is 0 Å². The zero-order valence-electron chi connectivity index (χ0n) is 16.1. The molecule has 1 atom stereocenters. The SMILES string of the molecule is O=C(c1cnc(OCC(F)(F)F)c(Cl)c1)N(CC1CCCO1)c1nc2ccccc2s1. The highest BCUT2D eigenvalue weighted by molar-refractivity contribution is 7.22. The molecule has 0 radical (unpaired) electrons. The predicted molar refractivity (Wildman–Crippen MR) is 111 cm³/mol. The lowest BCUT2D eigenvalue weighted by Gasteiger charge is -2.23. The number of carbonyl (C=O) groups is 1. The molecule has 31 heavy (non-hydrogen) atoms. The highest BCUT2D eigenvalue weighted by Gasteiger charge is 2.30. The maximum Gasteiger partial charge on any atom is 0.422 e. The molecule has 1 aromatic carbocycles. The molecule has 1 amide bonds. The van der Waals surface area contributed by atoms with Crippen LogP contribution in [0.3, 0.4) is 0 Å². The summed E-state index contributed by atoms with van der Waals surface area (Å²) in [6.45, 7) is -0.600. The van der Waals surface area contributed by atoms with Crippen LogP contribution in [0.4, 0.5) is 18.3 Å². The summed E-state index contributed by atoms with van der Waals surface area (Å²) in [6, 6.07) is 8.77. The molecule has 11 heteroatoms. The van der Waals surface area contributed by atoms with E-state index in [0.717, 1.165) is 29.3 Å². The number of hydrogen-bond donors (Lipinski definition) is 0. The number of nitrogens with zero attached hydrogens (tertiary/aromatic N) is 3. The number of ether oxygens (including phenoxy) is 2. The maximum atomic E-state index is 13.3. The summed E-state index contributed by atoms with van der Waals surface area (Å²) in [6.07, 6.45) is -1.78. The van der Waals surface area contributed by atoms with Crippen molar-refractivity contribution in [2.75, 3.05) is 24.7 Å². The van der Waals surface area contributed by atoms with Gasteiger partial charge < -0.3 is 9.47 Å². The monoisotopic (exact) mass is 471 g/mol. The number of halogens is 4. The average Bonchev–Trinajstić information content (AvgIpc) is 3.39. The van der Waals surface area contributed by atoms with Gasteiger partial charge in [-0.2, -0.15) is 13.2 Å². The van der Waals surface area contributed by atoms with Crippen molar-refractivity contribution in [3.63, 3.8) is 0 Å². The van der Waals surface area contributed by atoms with Gasteiger partial charge in [-0.15, -0.1) is 0 Å². The number of carbonyl (C=O) groups excluding carboxylic acids is 1. The van der Waals surface area contributed by atoms with Gasteiger partial charge in [-0.05, 0) is 31.0 Å². The smallest absolute Gasteiger partial charge is 0.422 e. The van der Waals surface area contributed by atoms with Gasteiger partial charge in [-0.1, -0.05) is 35.1 Å². The summed E-state index contributed by atoms with van der Waals surface area (Å²) in [5.41, 5.74) is 0.876. The molecule has 0 N–H and O–H groups in total. The van der Waals surface area contributed by atoms with Crippen molar-refractivity contribution in [2.24, 2.45) is 0 Å². The predicted octanol–water partition coefficient (Wildman–Crippen LogP) is 5.11. The van der Waals surface area contributed by atoms with Gasteiger partial charge in [0.25, 0.3) is 5.91 Å². The minimum atomic E-state index is -4.52. The molecule has 1 fully saturated rings. The Balaban J connectivity index is 1.61. The number of hydrogen-bond acceptors (Lipinski definition) is 6. The Kier molecular flexibility index (Phi) is 6.31. The van der Waals surface area contributed by atoms with Gasteiger partial charge in [0, 0.05) is 12.8 Å². The van der Waals surface area contributed by atoms with E-state index in [1.165, 1.54) is 22.3 Å². The molecule has 3 heterocycles. The number of pyridine rings is 1. The van der Waals surface area contributed by atoms with Crippen LogP contribution in [0.1, 0.15) is 23.2 Å². The average molecular weight is 472 g/mol. The van der Waals surface area contributed by atoms with Crippen molar-refractivity contribution in [1.82, 2.24) is 9.97 Å².